The lowest BCUT2D eigenvalue weighted by molar-refractivity contribution is 0.0874. The maximum absolute atomic E-state index is 9.13. The van der Waals surface area contributed by atoms with Crippen molar-refractivity contribution in [3.05, 3.63) is 11.7 Å². The molecule has 130 valence electrons. The van der Waals surface area contributed by atoms with E-state index in [9.17, 15) is 0 Å². The highest BCUT2D eigenvalue weighted by molar-refractivity contribution is 5.17. The van der Waals surface area contributed by atoms with Crippen LogP contribution in [0.25, 0.3) is 0 Å². The number of nitrogens with zero attached hydrogens (tertiary/aromatic N) is 4. The van der Waals surface area contributed by atoms with Crippen LogP contribution in [-0.4, -0.2) is 70.9 Å². The van der Waals surface area contributed by atoms with E-state index in [4.69, 9.17) is 9.63 Å². The van der Waals surface area contributed by atoms with Crippen LogP contribution in [0.3, 0.4) is 0 Å². The van der Waals surface area contributed by atoms with Gasteiger partial charge in [0.2, 0.25) is 5.89 Å². The van der Waals surface area contributed by atoms with Gasteiger partial charge in [0.05, 0.1) is 5.41 Å². The van der Waals surface area contributed by atoms with Gasteiger partial charge in [0.1, 0.15) is 0 Å². The molecule has 2 aliphatic rings. The second-order valence-corrected chi connectivity index (χ2v) is 7.73. The van der Waals surface area contributed by atoms with E-state index in [1.807, 2.05) is 6.92 Å². The normalized spacial score (nSPS) is 29.3. The maximum Gasteiger partial charge on any atom is 0.235 e. The van der Waals surface area contributed by atoms with Crippen molar-refractivity contribution in [2.45, 2.75) is 39.0 Å². The Kier molecular flexibility index (Phi) is 5.04. The van der Waals surface area contributed by atoms with E-state index in [0.717, 1.165) is 57.4 Å². The number of aliphatic hydroxyl groups is 1. The molecule has 0 unspecified atom stereocenters. The monoisotopic (exact) mass is 322 g/mol. The van der Waals surface area contributed by atoms with E-state index in [1.54, 1.807) is 0 Å². The Morgan fingerprint density at radius 1 is 1.35 bits per heavy atom. The summed E-state index contributed by atoms with van der Waals surface area (Å²) in [5, 5.41) is 13.2. The molecule has 1 aromatic heterocycles. The zero-order valence-corrected chi connectivity index (χ0v) is 14.7. The van der Waals surface area contributed by atoms with E-state index >= 15 is 0 Å². The molecule has 6 heteroatoms. The fourth-order valence-electron chi connectivity index (χ4n) is 4.39. The predicted molar refractivity (Wildman–Crippen MR) is 88.2 cm³/mol. The summed E-state index contributed by atoms with van der Waals surface area (Å²) in [5.41, 5.74) is -0.0378. The number of aromatic nitrogens is 2. The van der Waals surface area contributed by atoms with Gasteiger partial charge in [0, 0.05) is 39.3 Å². The molecule has 1 aromatic rings. The maximum atomic E-state index is 9.13. The minimum atomic E-state index is -0.0378. The Morgan fingerprint density at radius 3 is 2.78 bits per heavy atom. The highest BCUT2D eigenvalue weighted by Crippen LogP contribution is 2.44. The third-order valence-corrected chi connectivity index (χ3v) is 5.27. The molecule has 0 spiro atoms. The molecule has 3 heterocycles. The number of likely N-dealkylation sites (tertiary alicyclic amines) is 2. The summed E-state index contributed by atoms with van der Waals surface area (Å²) in [6.07, 6.45) is 2.00. The Bertz CT molecular complexity index is 518. The van der Waals surface area contributed by atoms with Crippen LogP contribution in [0.4, 0.5) is 0 Å². The molecule has 6 nitrogen and oxygen atoms in total. The first-order valence-electron chi connectivity index (χ1n) is 8.90. The van der Waals surface area contributed by atoms with Gasteiger partial charge in [-0.25, -0.2) is 0 Å². The van der Waals surface area contributed by atoms with Crippen LogP contribution >= 0.6 is 0 Å². The molecule has 1 N–H and O–H groups in total. The lowest BCUT2D eigenvalue weighted by atomic mass is 9.73. The third-order valence-electron chi connectivity index (χ3n) is 5.27. The Morgan fingerprint density at radius 2 is 2.13 bits per heavy atom. The highest BCUT2D eigenvalue weighted by Gasteiger charge is 2.54. The summed E-state index contributed by atoms with van der Waals surface area (Å²) in [4.78, 5) is 9.65. The van der Waals surface area contributed by atoms with Gasteiger partial charge in [-0.05, 0) is 38.1 Å². The predicted octanol–water partition coefficient (Wildman–Crippen LogP) is 1.29. The SMILES string of the molecule is Cc1noc([C@]23CN(CCCO)CC[C@H]2CN(CC(C)C)C3)n1. The van der Waals surface area contributed by atoms with E-state index in [2.05, 4.69) is 33.8 Å². The lowest BCUT2D eigenvalue weighted by Gasteiger charge is -2.41. The molecule has 2 aliphatic heterocycles. The summed E-state index contributed by atoms with van der Waals surface area (Å²) in [7, 11) is 0. The Balaban J connectivity index is 1.83. The number of fused-ring (bicyclic) bond motifs is 1. The number of aliphatic hydroxyl groups excluding tert-OH is 1. The zero-order chi connectivity index (χ0) is 16.4. The van der Waals surface area contributed by atoms with E-state index < -0.39 is 0 Å². The van der Waals surface area contributed by atoms with Gasteiger partial charge >= 0.3 is 0 Å². The van der Waals surface area contributed by atoms with E-state index in [0.29, 0.717) is 11.8 Å². The van der Waals surface area contributed by atoms with Crippen molar-refractivity contribution < 1.29 is 9.63 Å². The number of aryl methyl sites for hydroxylation is 1. The Labute approximate surface area is 138 Å². The van der Waals surface area contributed by atoms with Crippen molar-refractivity contribution >= 4 is 0 Å². The highest BCUT2D eigenvalue weighted by atomic mass is 16.5. The van der Waals surface area contributed by atoms with Crippen molar-refractivity contribution in [2.24, 2.45) is 11.8 Å². The van der Waals surface area contributed by atoms with Gasteiger partial charge in [-0.2, -0.15) is 4.98 Å². The van der Waals surface area contributed by atoms with Gasteiger partial charge < -0.3 is 19.4 Å². The average Bonchev–Trinajstić information content (AvgIpc) is 3.08. The molecule has 0 bridgehead atoms. The molecule has 0 radical (unpaired) electrons. The van der Waals surface area contributed by atoms with Crippen LogP contribution in [0.15, 0.2) is 4.52 Å². The molecular formula is C17H30N4O2. The molecule has 23 heavy (non-hydrogen) atoms. The summed E-state index contributed by atoms with van der Waals surface area (Å²) < 4.78 is 5.65. The van der Waals surface area contributed by atoms with Crippen LogP contribution in [0.1, 0.15) is 38.4 Å². The third kappa shape index (κ3) is 3.44. The number of rotatable bonds is 6. The number of hydrogen-bond donors (Lipinski definition) is 1. The van der Waals surface area contributed by atoms with Gasteiger partial charge in [0.25, 0.3) is 0 Å². The minimum Gasteiger partial charge on any atom is -0.396 e. The standard InChI is InChI=1S/C17H30N4O2/c1-13(2)9-21-10-15-5-7-20(6-4-8-22)11-17(15,12-21)16-18-14(3)19-23-16/h13,15,22H,4-12H2,1-3H3/t15-,17-/m0/s1. The van der Waals surface area contributed by atoms with Crippen molar-refractivity contribution in [1.82, 2.24) is 19.9 Å². The van der Waals surface area contributed by atoms with Gasteiger partial charge in [0.15, 0.2) is 5.82 Å². The molecular weight excluding hydrogens is 292 g/mol. The molecule has 2 saturated heterocycles. The van der Waals surface area contributed by atoms with Crippen molar-refractivity contribution in [3.63, 3.8) is 0 Å². The summed E-state index contributed by atoms with van der Waals surface area (Å²) in [6, 6.07) is 0. The zero-order valence-electron chi connectivity index (χ0n) is 14.7. The fourth-order valence-corrected chi connectivity index (χ4v) is 4.39. The van der Waals surface area contributed by atoms with Crippen LogP contribution < -0.4 is 0 Å². The Hall–Kier alpha value is -0.980. The van der Waals surface area contributed by atoms with Crippen LogP contribution in [0.5, 0.6) is 0 Å². The first-order chi connectivity index (χ1) is 11.0. The first kappa shape index (κ1) is 16.9. The van der Waals surface area contributed by atoms with Crippen molar-refractivity contribution in [1.29, 1.82) is 0 Å². The molecule has 0 saturated carbocycles. The second-order valence-electron chi connectivity index (χ2n) is 7.73. The molecule has 2 fully saturated rings. The van der Waals surface area contributed by atoms with E-state index in [1.165, 1.54) is 6.42 Å². The van der Waals surface area contributed by atoms with E-state index in [-0.39, 0.29) is 12.0 Å². The molecule has 3 rings (SSSR count). The van der Waals surface area contributed by atoms with Gasteiger partial charge in [-0.3, -0.25) is 0 Å². The van der Waals surface area contributed by atoms with Crippen molar-refractivity contribution in [2.75, 3.05) is 45.9 Å². The largest absolute Gasteiger partial charge is 0.396 e. The summed E-state index contributed by atoms with van der Waals surface area (Å²) in [6.45, 7) is 13.0. The molecule has 0 aromatic carbocycles. The molecule has 0 amide bonds. The fraction of sp³-hybridized carbons (Fsp3) is 0.882. The average molecular weight is 322 g/mol. The van der Waals surface area contributed by atoms with Crippen LogP contribution in [0.2, 0.25) is 0 Å². The topological polar surface area (TPSA) is 65.6 Å². The minimum absolute atomic E-state index is 0.0378. The summed E-state index contributed by atoms with van der Waals surface area (Å²) in [5.74, 6) is 2.80. The molecule has 0 aliphatic carbocycles. The quantitative estimate of drug-likeness (QED) is 0.851. The van der Waals surface area contributed by atoms with Gasteiger partial charge in [-0.1, -0.05) is 19.0 Å². The lowest BCUT2D eigenvalue weighted by Crippen LogP contribution is -2.52. The van der Waals surface area contributed by atoms with Crippen LogP contribution in [0, 0.1) is 18.8 Å². The number of piperidine rings is 1. The second kappa shape index (κ2) is 6.87. The summed E-state index contributed by atoms with van der Waals surface area (Å²) >= 11 is 0. The molecule has 2 atom stereocenters. The smallest absolute Gasteiger partial charge is 0.235 e. The van der Waals surface area contributed by atoms with Gasteiger partial charge in [-0.15, -0.1) is 0 Å². The van der Waals surface area contributed by atoms with Crippen molar-refractivity contribution in [3.8, 4) is 0 Å². The van der Waals surface area contributed by atoms with Crippen LogP contribution in [-0.2, 0) is 5.41 Å². The number of hydrogen-bond acceptors (Lipinski definition) is 6. The first-order valence-corrected chi connectivity index (χ1v) is 8.90.